The van der Waals surface area contributed by atoms with E-state index >= 15 is 0 Å². The molecule has 0 spiro atoms. The Balaban J connectivity index is 1.51. The molecule has 2 heterocycles. The summed E-state index contributed by atoms with van der Waals surface area (Å²) in [6, 6.07) is 8.02. The van der Waals surface area contributed by atoms with Gasteiger partial charge < -0.3 is 19.8 Å². The Labute approximate surface area is 276 Å². The second-order valence-electron chi connectivity index (χ2n) is 13.1. The predicted octanol–water partition coefficient (Wildman–Crippen LogP) is 6.18. The Bertz CT molecular complexity index is 1620. The lowest BCUT2D eigenvalue weighted by molar-refractivity contribution is -0.133. The number of amides is 1. The van der Waals surface area contributed by atoms with E-state index in [2.05, 4.69) is 15.3 Å². The van der Waals surface area contributed by atoms with E-state index in [-0.39, 0.29) is 36.2 Å². The number of H-pyrrole nitrogens is 1. The molecule has 10 nitrogen and oxygen atoms in total. The van der Waals surface area contributed by atoms with Crippen molar-refractivity contribution in [2.75, 3.05) is 13.2 Å². The predicted molar refractivity (Wildman–Crippen MR) is 179 cm³/mol. The number of rotatable bonds is 15. The molecule has 10 heteroatoms. The molecule has 0 unspecified atom stereocenters. The topological polar surface area (TPSA) is 145 Å². The van der Waals surface area contributed by atoms with E-state index in [1.807, 2.05) is 45.9 Å². The lowest BCUT2D eigenvalue weighted by Crippen LogP contribution is -2.47. The van der Waals surface area contributed by atoms with Gasteiger partial charge in [-0.3, -0.25) is 24.2 Å². The fourth-order valence-corrected chi connectivity index (χ4v) is 6.54. The fraction of sp³-hybridized carbons (Fsp3) is 0.514. The average molecular weight is 646 g/mol. The number of carbonyl (C=O) groups is 5. The number of nitrogens with one attached hydrogen (secondary N) is 2. The van der Waals surface area contributed by atoms with Crippen molar-refractivity contribution in [1.82, 2.24) is 15.3 Å². The van der Waals surface area contributed by atoms with Gasteiger partial charge in [0.2, 0.25) is 5.91 Å². The summed E-state index contributed by atoms with van der Waals surface area (Å²) >= 11 is 0. The molecule has 252 valence electrons. The molecule has 3 aromatic rings. The number of carbonyl (C=O) groups excluding carboxylic acids is 5. The number of nitrogens with zero attached hydrogens (tertiary/aromatic N) is 1. The maximum absolute atomic E-state index is 13.8. The minimum Gasteiger partial charge on any atom is -0.493 e. The quantitative estimate of drug-likeness (QED) is 0.147. The highest BCUT2D eigenvalue weighted by atomic mass is 16.5. The number of aromatic nitrogens is 2. The van der Waals surface area contributed by atoms with Crippen LogP contribution in [-0.4, -0.2) is 58.4 Å². The molecule has 1 fully saturated rings. The van der Waals surface area contributed by atoms with Crippen molar-refractivity contribution >= 4 is 40.1 Å². The van der Waals surface area contributed by atoms with Crippen molar-refractivity contribution in [3.05, 3.63) is 58.5 Å². The third kappa shape index (κ3) is 9.14. The average Bonchev–Trinajstić information content (AvgIpc) is 3.45. The highest BCUT2D eigenvalue weighted by Gasteiger charge is 2.33. The van der Waals surface area contributed by atoms with Crippen LogP contribution in [0.15, 0.2) is 30.3 Å². The van der Waals surface area contributed by atoms with E-state index in [4.69, 9.17) is 9.47 Å². The lowest BCUT2D eigenvalue weighted by Gasteiger charge is -2.27. The number of benzene rings is 1. The zero-order chi connectivity index (χ0) is 34.2. The molecule has 0 saturated heterocycles. The number of ketones is 3. The summed E-state index contributed by atoms with van der Waals surface area (Å²) in [4.78, 5) is 74.2. The second kappa shape index (κ2) is 16.0. The molecule has 3 atom stereocenters. The highest BCUT2D eigenvalue weighted by Crippen LogP contribution is 2.29. The first-order valence-electron chi connectivity index (χ1n) is 16.6. The third-order valence-electron chi connectivity index (χ3n) is 8.76. The molecule has 0 radical (unpaired) electrons. The van der Waals surface area contributed by atoms with E-state index in [1.54, 1.807) is 26.0 Å². The summed E-state index contributed by atoms with van der Waals surface area (Å²) in [5.41, 5.74) is 3.39. The van der Waals surface area contributed by atoms with Crippen LogP contribution >= 0.6 is 0 Å². The fourth-order valence-electron chi connectivity index (χ4n) is 6.54. The number of aryl methyl sites for hydroxylation is 3. The number of Topliss-reactive ketones (excluding diaryl/α,β-unsaturated/α-hetero) is 3. The van der Waals surface area contributed by atoms with E-state index in [0.29, 0.717) is 54.1 Å². The maximum Gasteiger partial charge on any atom is 0.340 e. The summed E-state index contributed by atoms with van der Waals surface area (Å²) in [5.74, 6) is -2.13. The minimum atomic E-state index is -1.05. The largest absolute Gasteiger partial charge is 0.493 e. The monoisotopic (exact) mass is 645 g/mol. The van der Waals surface area contributed by atoms with Gasteiger partial charge >= 0.3 is 5.97 Å². The highest BCUT2D eigenvalue weighted by molar-refractivity contribution is 6.03. The number of fused-ring (bicyclic) bond motifs is 1. The Kier molecular flexibility index (Phi) is 12.1. The van der Waals surface area contributed by atoms with Gasteiger partial charge in [-0.15, -0.1) is 0 Å². The van der Waals surface area contributed by atoms with E-state index in [0.717, 1.165) is 29.4 Å². The molecule has 47 heavy (non-hydrogen) atoms. The van der Waals surface area contributed by atoms with Gasteiger partial charge in [0.05, 0.1) is 29.6 Å². The Morgan fingerprint density at radius 1 is 1.09 bits per heavy atom. The molecule has 2 aromatic heterocycles. The standard InChI is InChI=1S/C37H47N3O7/c1-7-46-34-14-10-12-28-27(34)19-30(39-28)32(42)18-26(15-21(2)3)36(44)40-29(17-25-11-8-9-13-31(25)41)33(43)20-47-37(45)35-22(4)16-23(5)38-24(35)6/h10,12,14,16,19,21,25-26,29,39H,7-9,11,13,15,17-18,20H2,1-6H3,(H,40,44)/t25-,26+,29-/m0/s1. The summed E-state index contributed by atoms with van der Waals surface area (Å²) in [7, 11) is 0. The van der Waals surface area contributed by atoms with Crippen molar-refractivity contribution in [3.8, 4) is 5.75 Å². The van der Waals surface area contributed by atoms with E-state index in [9.17, 15) is 24.0 Å². The molecule has 1 aliphatic carbocycles. The van der Waals surface area contributed by atoms with Crippen molar-refractivity contribution < 1.29 is 33.4 Å². The van der Waals surface area contributed by atoms with Crippen LogP contribution in [0.5, 0.6) is 5.75 Å². The second-order valence-corrected chi connectivity index (χ2v) is 13.1. The zero-order valence-electron chi connectivity index (χ0n) is 28.4. The van der Waals surface area contributed by atoms with Crippen molar-refractivity contribution in [2.45, 2.75) is 92.5 Å². The van der Waals surface area contributed by atoms with Crippen molar-refractivity contribution in [1.29, 1.82) is 0 Å². The maximum atomic E-state index is 13.8. The number of esters is 1. The molecule has 4 rings (SSSR count). The number of ether oxygens (including phenoxy) is 2. The van der Waals surface area contributed by atoms with Gasteiger partial charge in [-0.25, -0.2) is 4.79 Å². The lowest BCUT2D eigenvalue weighted by atomic mass is 9.82. The Hall–Kier alpha value is -4.34. The number of hydrogen-bond donors (Lipinski definition) is 2. The molecular weight excluding hydrogens is 598 g/mol. The summed E-state index contributed by atoms with van der Waals surface area (Å²) < 4.78 is 11.2. The molecular formula is C37H47N3O7. The zero-order valence-corrected chi connectivity index (χ0v) is 28.4. The molecule has 1 amide bonds. The molecule has 0 aliphatic heterocycles. The van der Waals surface area contributed by atoms with Gasteiger partial charge in [0.25, 0.3) is 0 Å². The molecule has 1 aromatic carbocycles. The molecule has 1 saturated carbocycles. The smallest absolute Gasteiger partial charge is 0.340 e. The van der Waals surface area contributed by atoms with Gasteiger partial charge in [0.1, 0.15) is 11.5 Å². The van der Waals surface area contributed by atoms with Crippen LogP contribution in [-0.2, 0) is 19.1 Å². The van der Waals surface area contributed by atoms with Crippen LogP contribution in [0, 0.1) is 38.5 Å². The van der Waals surface area contributed by atoms with Crippen LogP contribution in [0.25, 0.3) is 10.9 Å². The Morgan fingerprint density at radius 3 is 2.53 bits per heavy atom. The van der Waals surface area contributed by atoms with E-state index in [1.165, 1.54) is 0 Å². The SMILES string of the molecule is CCOc1cccc2[nH]c(C(=O)C[C@@H](CC(C)C)C(=O)N[C@@H](C[C@@H]3CCCCC3=O)C(=O)COC(=O)c3c(C)cc(C)nc3C)cc12. The van der Waals surface area contributed by atoms with Gasteiger partial charge in [-0.1, -0.05) is 26.3 Å². The normalized spacial score (nSPS) is 16.1. The summed E-state index contributed by atoms with van der Waals surface area (Å²) in [6.07, 6.45) is 3.20. The number of pyridine rings is 1. The van der Waals surface area contributed by atoms with Crippen LogP contribution < -0.4 is 10.1 Å². The summed E-state index contributed by atoms with van der Waals surface area (Å²) in [6.45, 7) is 11.1. The van der Waals surface area contributed by atoms with Gasteiger partial charge in [-0.2, -0.15) is 0 Å². The Morgan fingerprint density at radius 2 is 1.85 bits per heavy atom. The molecule has 0 bridgehead atoms. The van der Waals surface area contributed by atoms with E-state index < -0.39 is 36.2 Å². The van der Waals surface area contributed by atoms with Crippen LogP contribution in [0.4, 0.5) is 0 Å². The summed E-state index contributed by atoms with van der Waals surface area (Å²) in [5, 5.41) is 3.65. The first kappa shape index (κ1) is 35.5. The van der Waals surface area contributed by atoms with Crippen LogP contribution in [0.3, 0.4) is 0 Å². The van der Waals surface area contributed by atoms with Gasteiger partial charge in [0, 0.05) is 41.3 Å². The van der Waals surface area contributed by atoms with Crippen molar-refractivity contribution in [3.63, 3.8) is 0 Å². The molecule has 2 N–H and O–H groups in total. The van der Waals surface area contributed by atoms with Gasteiger partial charge in [-0.05, 0) is 89.1 Å². The van der Waals surface area contributed by atoms with Crippen LogP contribution in [0.2, 0.25) is 0 Å². The van der Waals surface area contributed by atoms with Crippen LogP contribution in [0.1, 0.15) is 104 Å². The van der Waals surface area contributed by atoms with Gasteiger partial charge in [0.15, 0.2) is 18.2 Å². The van der Waals surface area contributed by atoms with Crippen molar-refractivity contribution in [2.24, 2.45) is 17.8 Å². The third-order valence-corrected chi connectivity index (χ3v) is 8.76. The first-order chi connectivity index (χ1) is 22.4. The number of aromatic amines is 1. The first-order valence-corrected chi connectivity index (χ1v) is 16.6. The minimum absolute atomic E-state index is 0.0661. The molecule has 1 aliphatic rings. The number of hydrogen-bond acceptors (Lipinski definition) is 8.